The van der Waals surface area contributed by atoms with Gasteiger partial charge in [-0.1, -0.05) is 75.3 Å². The number of Topliss-reactive ketones (excluding diaryl/α,β-unsaturated/α-hetero) is 2. The number of amides is 2. The van der Waals surface area contributed by atoms with Gasteiger partial charge in [0.2, 0.25) is 0 Å². The Bertz CT molecular complexity index is 2810. The lowest BCUT2D eigenvalue weighted by Gasteiger charge is -2.62. The smallest absolute Gasteiger partial charge is 0.411 e. The van der Waals surface area contributed by atoms with E-state index in [1.165, 1.54) is 12.8 Å². The first-order valence-electron chi connectivity index (χ1n) is 32.5. The number of carbonyl (C=O) groups excluding carboxylic acids is 4. The van der Waals surface area contributed by atoms with Gasteiger partial charge in [0.25, 0.3) is 0 Å². The second-order valence-corrected chi connectivity index (χ2v) is 33.8. The highest BCUT2D eigenvalue weighted by Gasteiger charge is 2.85. The molecule has 0 radical (unpaired) electrons. The molecule has 81 heavy (non-hydrogen) atoms. The number of hydrogen-bond acceptors (Lipinski definition) is 10. The van der Waals surface area contributed by atoms with Crippen LogP contribution in [0, 0.1) is 108 Å². The third-order valence-electron chi connectivity index (χ3n) is 29.2. The fourth-order valence-electron chi connectivity index (χ4n) is 24.8. The molecule has 2 heterocycles. The molecule has 22 unspecified atom stereocenters. The summed E-state index contributed by atoms with van der Waals surface area (Å²) in [4.78, 5) is 56.3. The molecule has 10 aliphatic carbocycles. The Kier molecular flexibility index (Phi) is 12.4. The molecular weight excluding hydrogens is 1020 g/mol. The van der Waals surface area contributed by atoms with Gasteiger partial charge in [0.05, 0.1) is 35.6 Å². The van der Waals surface area contributed by atoms with E-state index >= 15 is 0 Å². The first-order valence-corrected chi connectivity index (χ1v) is 32.5. The Hall–Kier alpha value is -3.06. The summed E-state index contributed by atoms with van der Waals surface area (Å²) in [6.45, 7) is 32.6. The second-order valence-electron chi connectivity index (χ2n) is 33.8. The van der Waals surface area contributed by atoms with Crippen LogP contribution >= 0.6 is 0 Å². The Balaban J connectivity index is 0.748. The van der Waals surface area contributed by atoms with Crippen molar-refractivity contribution in [2.24, 2.45) is 101 Å². The van der Waals surface area contributed by atoms with Crippen LogP contribution in [0.3, 0.4) is 0 Å². The summed E-state index contributed by atoms with van der Waals surface area (Å²) < 4.78 is 27.7. The predicted molar refractivity (Wildman–Crippen MR) is 311 cm³/mol. The number of aryl methyl sites for hydroxylation is 1. The molecule has 4 N–H and O–H groups in total. The molecular formula is C69H102N2O10. The van der Waals surface area contributed by atoms with E-state index in [2.05, 4.69) is 79.9 Å². The van der Waals surface area contributed by atoms with Crippen LogP contribution in [0.5, 0.6) is 0 Å². The summed E-state index contributed by atoms with van der Waals surface area (Å²) in [5.74, 6) is 2.71. The van der Waals surface area contributed by atoms with Crippen molar-refractivity contribution in [3.05, 3.63) is 23.8 Å². The molecule has 12 nitrogen and oxygen atoms in total. The van der Waals surface area contributed by atoms with Crippen LogP contribution in [0.15, 0.2) is 18.2 Å². The Morgan fingerprint density at radius 3 is 1.37 bits per heavy atom. The number of anilines is 2. The highest BCUT2D eigenvalue weighted by atomic mass is 16.6. The lowest BCUT2D eigenvalue weighted by molar-refractivity contribution is -0.169. The lowest BCUT2D eigenvalue weighted by Crippen LogP contribution is -2.57. The highest BCUT2D eigenvalue weighted by Crippen LogP contribution is 2.91. The SMILES string of the molecule is Cc1ccc(NC(=O)OC2CC3(C)C4CCC5C(C)(C)C(=O)CCC56CC46CCC3(C)C2C2OC(C(C)(C)O)CC2C)cc1NC(=O)OC1CC2(C)C3CCC4C(C)(C)C(=O)CCC45CC35CCC2(C)C1C1OC(C(C)(C)O)CC1C. The van der Waals surface area contributed by atoms with Crippen molar-refractivity contribution >= 4 is 35.1 Å². The van der Waals surface area contributed by atoms with Gasteiger partial charge in [-0.3, -0.25) is 20.2 Å². The first kappa shape index (κ1) is 57.0. The van der Waals surface area contributed by atoms with Gasteiger partial charge >= 0.3 is 12.2 Å². The van der Waals surface area contributed by atoms with Crippen LogP contribution in [-0.4, -0.2) is 81.8 Å². The number of fused-ring (bicyclic) bond motifs is 4. The van der Waals surface area contributed by atoms with Crippen molar-refractivity contribution in [3.8, 4) is 0 Å². The second kappa shape index (κ2) is 17.6. The summed E-state index contributed by atoms with van der Waals surface area (Å²) in [6.07, 6.45) is 14.3. The normalized spacial score (nSPS) is 50.5. The van der Waals surface area contributed by atoms with Gasteiger partial charge in [0.15, 0.2) is 0 Å². The maximum absolute atomic E-state index is 14.7. The van der Waals surface area contributed by atoms with Gasteiger partial charge < -0.3 is 29.2 Å². The molecule has 448 valence electrons. The quantitative estimate of drug-likeness (QED) is 0.197. The van der Waals surface area contributed by atoms with Gasteiger partial charge in [-0.2, -0.15) is 0 Å². The van der Waals surface area contributed by atoms with Crippen molar-refractivity contribution in [2.45, 2.75) is 267 Å². The average molecular weight is 1120 g/mol. The largest absolute Gasteiger partial charge is 0.446 e. The number of nitrogens with one attached hydrogen (secondary N) is 2. The van der Waals surface area contributed by atoms with Crippen LogP contribution in [0.2, 0.25) is 0 Å². The van der Waals surface area contributed by atoms with Gasteiger partial charge in [-0.05, 0) is 234 Å². The summed E-state index contributed by atoms with van der Waals surface area (Å²) in [7, 11) is 0. The van der Waals surface area contributed by atoms with Crippen LogP contribution in [-0.2, 0) is 28.5 Å². The third kappa shape index (κ3) is 7.51. The highest BCUT2D eigenvalue weighted by molar-refractivity contribution is 5.90. The Morgan fingerprint density at radius 1 is 0.568 bits per heavy atom. The first-order chi connectivity index (χ1) is 37.6. The van der Waals surface area contributed by atoms with E-state index in [-0.39, 0.29) is 102 Å². The van der Waals surface area contributed by atoms with Crippen LogP contribution in [0.4, 0.5) is 21.0 Å². The molecule has 10 saturated carbocycles. The zero-order chi connectivity index (χ0) is 58.2. The number of aliphatic hydroxyl groups is 2. The summed E-state index contributed by atoms with van der Waals surface area (Å²) >= 11 is 0. The molecule has 12 aliphatic rings. The fraction of sp³-hybridized carbons (Fsp3) is 0.855. The average Bonchev–Trinajstić information content (AvgIpc) is 4.11. The minimum absolute atomic E-state index is 0.0859. The van der Waals surface area contributed by atoms with E-state index in [0.717, 1.165) is 95.5 Å². The Labute approximate surface area is 484 Å². The number of hydrogen-bond donors (Lipinski definition) is 4. The molecule has 2 saturated heterocycles. The summed E-state index contributed by atoms with van der Waals surface area (Å²) in [6, 6.07) is 5.58. The molecule has 4 spiro atoms. The van der Waals surface area contributed by atoms with Crippen molar-refractivity contribution in [3.63, 3.8) is 0 Å². The monoisotopic (exact) mass is 1120 g/mol. The molecule has 0 aromatic heterocycles. The molecule has 13 rings (SSSR count). The van der Waals surface area contributed by atoms with Crippen LogP contribution in [0.1, 0.15) is 218 Å². The molecule has 22 atom stereocenters. The lowest BCUT2D eigenvalue weighted by atomic mass is 9.42. The minimum atomic E-state index is -1.01. The van der Waals surface area contributed by atoms with E-state index in [9.17, 15) is 29.4 Å². The third-order valence-corrected chi connectivity index (χ3v) is 29.2. The van der Waals surface area contributed by atoms with E-state index in [1.54, 1.807) is 0 Å². The van der Waals surface area contributed by atoms with Crippen molar-refractivity contribution in [1.82, 2.24) is 0 Å². The number of ether oxygens (including phenoxy) is 4. The molecule has 0 bridgehead atoms. The molecule has 1 aromatic carbocycles. The topological polar surface area (TPSA) is 170 Å². The van der Waals surface area contributed by atoms with Crippen molar-refractivity contribution in [1.29, 1.82) is 0 Å². The predicted octanol–water partition coefficient (Wildman–Crippen LogP) is 14.2. The van der Waals surface area contributed by atoms with E-state index in [0.29, 0.717) is 59.5 Å². The van der Waals surface area contributed by atoms with Crippen LogP contribution < -0.4 is 10.6 Å². The van der Waals surface area contributed by atoms with Crippen molar-refractivity contribution < 1.29 is 48.3 Å². The van der Waals surface area contributed by atoms with E-state index < -0.39 is 35.6 Å². The maximum Gasteiger partial charge on any atom is 0.411 e. The van der Waals surface area contributed by atoms with Gasteiger partial charge in [-0.15, -0.1) is 0 Å². The molecule has 12 fully saturated rings. The zero-order valence-electron chi connectivity index (χ0n) is 52.2. The van der Waals surface area contributed by atoms with Crippen molar-refractivity contribution in [2.75, 3.05) is 10.6 Å². The summed E-state index contributed by atoms with van der Waals surface area (Å²) in [5.41, 5.74) is -0.630. The molecule has 2 amide bonds. The summed E-state index contributed by atoms with van der Waals surface area (Å²) in [5, 5.41) is 28.9. The zero-order valence-corrected chi connectivity index (χ0v) is 52.2. The van der Waals surface area contributed by atoms with Crippen LogP contribution in [0.25, 0.3) is 0 Å². The van der Waals surface area contributed by atoms with Gasteiger partial charge in [0.1, 0.15) is 23.8 Å². The van der Waals surface area contributed by atoms with Gasteiger partial charge in [-0.25, -0.2) is 9.59 Å². The molecule has 12 heteroatoms. The minimum Gasteiger partial charge on any atom is -0.446 e. The fourth-order valence-corrected chi connectivity index (χ4v) is 24.8. The standard InChI is InChI=1S/C69H102N2O10/c1-37-16-17-40(70-56(74)78-42-33-64(14)46-20-18-44-58(4,5)48(72)22-24-66(44)35-68(46,66)28-26-62(64,12)52(42)54-38(2)30-50(80-54)60(8,9)76)32-41(37)71-57(75)79-43-34-65(15)47-21-19-45-59(6,7)49(73)23-25-67(45)36-69(47,67)29-27-63(65,13)53(43)55-39(3)31-51(81-55)61(10,11)77/h16-17,32,38-39,42-47,50-55,76-77H,18-31,33-36H2,1-15H3,(H,70,74)(H,71,75). The molecule has 1 aromatic rings. The number of ketones is 2. The van der Waals surface area contributed by atoms with Gasteiger partial charge in [0, 0.05) is 46.9 Å². The van der Waals surface area contributed by atoms with E-state index in [4.69, 9.17) is 18.9 Å². The Morgan fingerprint density at radius 2 is 0.963 bits per heavy atom. The maximum atomic E-state index is 14.7. The number of carbonyl (C=O) groups is 4. The molecule has 2 aliphatic heterocycles. The number of benzene rings is 1. The number of rotatable bonds is 8. The van der Waals surface area contributed by atoms with E-state index in [1.807, 2.05) is 52.8 Å².